The molecule has 0 spiro atoms. The van der Waals surface area contributed by atoms with Crippen LogP contribution in [0, 0.1) is 6.42 Å². The van der Waals surface area contributed by atoms with Crippen molar-refractivity contribution in [1.29, 1.82) is 0 Å². The van der Waals surface area contributed by atoms with Gasteiger partial charge < -0.3 is 7.77 Å². The van der Waals surface area contributed by atoms with Crippen molar-refractivity contribution in [3.05, 3.63) is 18.8 Å². The standard InChI is InChI=1S/C4H9.C3H4N2.Al.ClH/c1-3-4-2;1-2-5-3-4-1;;/h3H,4H2,1-2H3;1-2H,3H2;;1H/q;-2;+3;/p-1. The quantitative estimate of drug-likeness (QED) is 0.579. The summed E-state index contributed by atoms with van der Waals surface area (Å²) in [6.07, 6.45) is 7.44. The second-order valence-electron chi connectivity index (χ2n) is 2.60. The molecule has 0 saturated carbocycles. The van der Waals surface area contributed by atoms with Crippen molar-refractivity contribution in [3.63, 3.8) is 0 Å². The summed E-state index contributed by atoms with van der Waals surface area (Å²) in [4.78, 5) is 0. The van der Waals surface area contributed by atoms with Crippen molar-refractivity contribution in [2.45, 2.75) is 20.3 Å². The van der Waals surface area contributed by atoms with Crippen LogP contribution in [0.2, 0.25) is 0 Å². The summed E-state index contributed by atoms with van der Waals surface area (Å²) < 4.78 is 4.39. The first-order valence-corrected chi connectivity index (χ1v) is 6.69. The van der Waals surface area contributed by atoms with Crippen LogP contribution in [0.5, 0.6) is 0 Å². The highest BCUT2D eigenvalue weighted by Gasteiger charge is 2.45. The molecule has 2 nitrogen and oxygen atoms in total. The molecule has 3 aliphatic rings. The molecule has 3 aliphatic heterocycles. The third kappa shape index (κ3) is 2.05. The molecule has 3 heterocycles. The number of rotatable bonds is 1. The molecule has 4 heteroatoms. The summed E-state index contributed by atoms with van der Waals surface area (Å²) in [6, 6.07) is 0. The van der Waals surface area contributed by atoms with E-state index < -0.39 is 13.7 Å². The van der Waals surface area contributed by atoms with Crippen molar-refractivity contribution in [1.82, 2.24) is 7.77 Å². The summed E-state index contributed by atoms with van der Waals surface area (Å²) in [5, 5.41) is 0. The van der Waals surface area contributed by atoms with E-state index in [1.807, 2.05) is 0 Å². The Hall–Kier alpha value is 0.162. The predicted molar refractivity (Wildman–Crippen MR) is 49.6 cm³/mol. The van der Waals surface area contributed by atoms with Crippen LogP contribution >= 0.6 is 10.0 Å². The van der Waals surface area contributed by atoms with Crippen LogP contribution in [0.1, 0.15) is 20.3 Å². The van der Waals surface area contributed by atoms with Gasteiger partial charge in [0.15, 0.2) is 0 Å². The lowest BCUT2D eigenvalue weighted by Crippen LogP contribution is -2.54. The normalized spacial score (nSPS) is 17.9. The maximum Gasteiger partial charge on any atom is 0.709 e. The van der Waals surface area contributed by atoms with Crippen molar-refractivity contribution in [3.8, 4) is 0 Å². The van der Waals surface area contributed by atoms with Gasteiger partial charge in [-0.15, -0.1) is 0 Å². The average molecular weight is 188 g/mol. The summed E-state index contributed by atoms with van der Waals surface area (Å²) in [5.74, 6) is 0. The van der Waals surface area contributed by atoms with Crippen LogP contribution in [0.15, 0.2) is 12.4 Å². The molecular weight excluding hydrogens is 175 g/mol. The van der Waals surface area contributed by atoms with E-state index in [1.165, 1.54) is 6.42 Å². The van der Waals surface area contributed by atoms with Gasteiger partial charge in [-0.3, -0.25) is 0 Å². The van der Waals surface area contributed by atoms with E-state index in [4.69, 9.17) is 10.0 Å². The predicted octanol–water partition coefficient (Wildman–Crippen LogP) is 1.89. The highest BCUT2D eigenvalue weighted by molar-refractivity contribution is 7.05. The van der Waals surface area contributed by atoms with E-state index >= 15 is 0 Å². The topological polar surface area (TPSA) is 6.48 Å². The Labute approximate surface area is 77.4 Å². The van der Waals surface area contributed by atoms with Crippen molar-refractivity contribution >= 4 is 23.7 Å². The highest BCUT2D eigenvalue weighted by atomic mass is 35.6. The van der Waals surface area contributed by atoms with Crippen LogP contribution in [0.25, 0.3) is 0 Å². The lowest BCUT2D eigenvalue weighted by molar-refractivity contribution is 0.361. The molecule has 3 rings (SSSR count). The molecule has 1 radical (unpaired) electrons. The minimum atomic E-state index is -1.02. The molecule has 0 amide bonds. The SMILES string of the molecule is C[CH]CC.[Cl][Al]1[N]2C=C[N]1C2. The molecule has 1 saturated heterocycles. The second-order valence-corrected chi connectivity index (χ2v) is 5.71. The van der Waals surface area contributed by atoms with Gasteiger partial charge in [-0.2, -0.15) is 10.0 Å². The summed E-state index contributed by atoms with van der Waals surface area (Å²) >= 11 is -1.02. The molecule has 0 aromatic carbocycles. The monoisotopic (exact) mass is 187 g/mol. The van der Waals surface area contributed by atoms with E-state index in [0.29, 0.717) is 0 Å². The van der Waals surface area contributed by atoms with E-state index in [0.717, 1.165) is 6.67 Å². The minimum absolute atomic E-state index is 1.02. The van der Waals surface area contributed by atoms with Gasteiger partial charge in [-0.1, -0.05) is 20.3 Å². The highest BCUT2D eigenvalue weighted by Crippen LogP contribution is 2.24. The Balaban J connectivity index is 0.000000134. The van der Waals surface area contributed by atoms with Gasteiger partial charge >= 0.3 is 13.7 Å². The van der Waals surface area contributed by atoms with Crippen molar-refractivity contribution in [2.75, 3.05) is 6.67 Å². The molecule has 61 valence electrons. The Morgan fingerprint density at radius 3 is 2.09 bits per heavy atom. The van der Waals surface area contributed by atoms with Gasteiger partial charge in [-0.25, -0.2) is 0 Å². The molecule has 2 bridgehead atoms. The zero-order valence-electron chi connectivity index (χ0n) is 7.00. The Morgan fingerprint density at radius 1 is 1.55 bits per heavy atom. The summed E-state index contributed by atoms with van der Waals surface area (Å²) in [6.45, 7) is 5.24. The first-order chi connectivity index (χ1) is 5.29. The van der Waals surface area contributed by atoms with Gasteiger partial charge in [-0.05, 0) is 18.8 Å². The van der Waals surface area contributed by atoms with Crippen LogP contribution in [-0.4, -0.2) is 28.1 Å². The van der Waals surface area contributed by atoms with Gasteiger partial charge in [0.25, 0.3) is 0 Å². The fraction of sp³-hybridized carbons (Fsp3) is 0.571. The number of nitrogens with zero attached hydrogens (tertiary/aromatic N) is 2. The molecule has 1 fully saturated rings. The maximum atomic E-state index is 5.84. The van der Waals surface area contributed by atoms with Crippen LogP contribution in [0.3, 0.4) is 0 Å². The third-order valence-electron chi connectivity index (χ3n) is 1.73. The van der Waals surface area contributed by atoms with Crippen LogP contribution in [0.4, 0.5) is 0 Å². The molecule has 0 N–H and O–H groups in total. The molecule has 0 unspecified atom stereocenters. The fourth-order valence-electron chi connectivity index (χ4n) is 0.825. The molecule has 0 aromatic heterocycles. The van der Waals surface area contributed by atoms with E-state index in [2.05, 4.69) is 40.4 Å². The van der Waals surface area contributed by atoms with Gasteiger partial charge in [0, 0.05) is 6.67 Å². The number of hydrogen-bond donors (Lipinski definition) is 0. The Bertz CT molecular complexity index is 137. The van der Waals surface area contributed by atoms with Crippen molar-refractivity contribution < 1.29 is 0 Å². The molecular formula is C7H13AlClN2. The van der Waals surface area contributed by atoms with E-state index in [-0.39, 0.29) is 0 Å². The Kier molecular flexibility index (Phi) is 3.58. The number of halogens is 1. The van der Waals surface area contributed by atoms with Gasteiger partial charge in [0.2, 0.25) is 0 Å². The van der Waals surface area contributed by atoms with Crippen molar-refractivity contribution in [2.24, 2.45) is 0 Å². The number of hydrogen-bond acceptors (Lipinski definition) is 2. The lowest BCUT2D eigenvalue weighted by atomic mass is 10.4. The molecule has 0 aliphatic carbocycles. The van der Waals surface area contributed by atoms with E-state index in [1.54, 1.807) is 0 Å². The van der Waals surface area contributed by atoms with Crippen LogP contribution in [-0.2, 0) is 0 Å². The smallest absolute Gasteiger partial charge is 0.422 e. The van der Waals surface area contributed by atoms with E-state index in [9.17, 15) is 0 Å². The molecule has 0 aromatic rings. The zero-order chi connectivity index (χ0) is 8.27. The first kappa shape index (κ1) is 9.25. The Morgan fingerprint density at radius 2 is 2.00 bits per heavy atom. The summed E-state index contributed by atoms with van der Waals surface area (Å²) in [5.41, 5.74) is 0. The number of unbranched alkanes of at least 4 members (excludes halogenated alkanes) is 1. The zero-order valence-corrected chi connectivity index (χ0v) is 8.91. The first-order valence-electron chi connectivity index (χ1n) is 3.91. The van der Waals surface area contributed by atoms with Crippen LogP contribution < -0.4 is 0 Å². The molecule has 0 atom stereocenters. The fourth-order valence-corrected chi connectivity index (χ4v) is 2.76. The molecule has 11 heavy (non-hydrogen) atoms. The van der Waals surface area contributed by atoms with Gasteiger partial charge in [0.05, 0.1) is 0 Å². The largest absolute Gasteiger partial charge is 0.709 e. The average Bonchev–Trinajstić information content (AvgIpc) is 2.64. The maximum absolute atomic E-state index is 5.84. The summed E-state index contributed by atoms with van der Waals surface area (Å²) in [7, 11) is 5.84. The van der Waals surface area contributed by atoms with Gasteiger partial charge in [0.1, 0.15) is 0 Å². The lowest BCUT2D eigenvalue weighted by Gasteiger charge is -2.35. The second kappa shape index (κ2) is 4.25. The third-order valence-corrected chi connectivity index (χ3v) is 5.00. The minimum Gasteiger partial charge on any atom is -0.422 e.